The molecule has 0 spiro atoms. The van der Waals surface area contributed by atoms with Gasteiger partial charge in [-0.3, -0.25) is 14.6 Å². The molecule has 6 nitrogen and oxygen atoms in total. The molecule has 2 saturated heterocycles. The summed E-state index contributed by atoms with van der Waals surface area (Å²) in [7, 11) is 0. The highest BCUT2D eigenvalue weighted by Crippen LogP contribution is 2.45. The molecule has 2 fully saturated rings. The highest BCUT2D eigenvalue weighted by Gasteiger charge is 2.57. The van der Waals surface area contributed by atoms with E-state index in [0.717, 1.165) is 11.1 Å². The van der Waals surface area contributed by atoms with Crippen LogP contribution in [0.2, 0.25) is 0 Å². The SMILES string of the molecule is O=C(O)CN1CCN2C(=O)OC(c3ccccc3)(c3ccccc3)C2C1. The molecule has 2 aromatic carbocycles. The van der Waals surface area contributed by atoms with Crippen LogP contribution in [0.15, 0.2) is 60.7 Å². The topological polar surface area (TPSA) is 70.1 Å². The number of hydrogen-bond acceptors (Lipinski definition) is 4. The van der Waals surface area contributed by atoms with E-state index >= 15 is 0 Å². The first-order chi connectivity index (χ1) is 12.6. The number of benzene rings is 2. The fourth-order valence-electron chi connectivity index (χ4n) is 4.05. The van der Waals surface area contributed by atoms with Gasteiger partial charge in [0, 0.05) is 30.8 Å². The number of cyclic esters (lactones) is 1. The summed E-state index contributed by atoms with van der Waals surface area (Å²) in [6, 6.07) is 19.1. The molecule has 1 N–H and O–H groups in total. The number of carbonyl (C=O) groups excluding carboxylic acids is 1. The van der Waals surface area contributed by atoms with E-state index in [1.807, 2.05) is 65.6 Å². The Balaban J connectivity index is 1.82. The van der Waals surface area contributed by atoms with Crippen molar-refractivity contribution in [2.45, 2.75) is 11.6 Å². The van der Waals surface area contributed by atoms with E-state index < -0.39 is 11.6 Å². The highest BCUT2D eigenvalue weighted by molar-refractivity contribution is 5.74. The summed E-state index contributed by atoms with van der Waals surface area (Å²) in [6.07, 6.45) is -0.349. The van der Waals surface area contributed by atoms with Crippen molar-refractivity contribution in [1.82, 2.24) is 9.80 Å². The van der Waals surface area contributed by atoms with E-state index in [1.165, 1.54) is 0 Å². The highest BCUT2D eigenvalue weighted by atomic mass is 16.6. The second-order valence-corrected chi connectivity index (χ2v) is 6.67. The van der Waals surface area contributed by atoms with Gasteiger partial charge in [0.05, 0.1) is 12.6 Å². The minimum Gasteiger partial charge on any atom is -0.480 e. The van der Waals surface area contributed by atoms with Crippen LogP contribution in [0.5, 0.6) is 0 Å². The summed E-state index contributed by atoms with van der Waals surface area (Å²) < 4.78 is 6.03. The quantitative estimate of drug-likeness (QED) is 0.913. The van der Waals surface area contributed by atoms with Gasteiger partial charge in [-0.15, -0.1) is 0 Å². The monoisotopic (exact) mass is 352 g/mol. The summed E-state index contributed by atoms with van der Waals surface area (Å²) in [5, 5.41) is 9.17. The average molecular weight is 352 g/mol. The minimum atomic E-state index is -0.948. The molecule has 26 heavy (non-hydrogen) atoms. The standard InChI is InChI=1S/C20H20N2O4/c23-18(24)14-21-11-12-22-17(13-21)20(26-19(22)25,15-7-3-1-4-8-15)16-9-5-2-6-10-16/h1-10,17H,11-14H2,(H,23,24). The second-order valence-electron chi connectivity index (χ2n) is 6.67. The molecule has 1 unspecified atom stereocenters. The Morgan fingerprint density at radius 2 is 1.62 bits per heavy atom. The molecule has 0 aliphatic carbocycles. The van der Waals surface area contributed by atoms with Gasteiger partial charge in [-0.2, -0.15) is 0 Å². The first kappa shape index (κ1) is 16.6. The van der Waals surface area contributed by atoms with Gasteiger partial charge in [0.25, 0.3) is 0 Å². The van der Waals surface area contributed by atoms with Crippen molar-refractivity contribution in [3.05, 3.63) is 71.8 Å². The van der Waals surface area contributed by atoms with E-state index in [-0.39, 0.29) is 18.7 Å². The Labute approximate surface area is 151 Å². The van der Waals surface area contributed by atoms with E-state index in [2.05, 4.69) is 0 Å². The molecule has 2 aliphatic rings. The summed E-state index contributed by atoms with van der Waals surface area (Å²) in [5.41, 5.74) is 0.838. The van der Waals surface area contributed by atoms with Crippen molar-refractivity contribution in [3.63, 3.8) is 0 Å². The van der Waals surface area contributed by atoms with Gasteiger partial charge in [-0.05, 0) is 0 Å². The van der Waals surface area contributed by atoms with Crippen LogP contribution in [0.3, 0.4) is 0 Å². The van der Waals surface area contributed by atoms with Crippen molar-refractivity contribution >= 4 is 12.1 Å². The van der Waals surface area contributed by atoms with Crippen molar-refractivity contribution in [2.75, 3.05) is 26.2 Å². The van der Waals surface area contributed by atoms with Crippen LogP contribution >= 0.6 is 0 Å². The second kappa shape index (κ2) is 6.46. The number of nitrogens with zero attached hydrogens (tertiary/aromatic N) is 2. The van der Waals surface area contributed by atoms with Crippen LogP contribution in [0.4, 0.5) is 4.79 Å². The first-order valence-electron chi connectivity index (χ1n) is 8.66. The fourth-order valence-corrected chi connectivity index (χ4v) is 4.05. The summed E-state index contributed by atoms with van der Waals surface area (Å²) in [4.78, 5) is 27.4. The summed E-state index contributed by atoms with van der Waals surface area (Å²) in [5.74, 6) is -0.867. The normalized spacial score (nSPS) is 21.9. The lowest BCUT2D eigenvalue weighted by Gasteiger charge is -2.41. The summed E-state index contributed by atoms with van der Waals surface area (Å²) >= 11 is 0. The Kier molecular flexibility index (Phi) is 4.12. The maximum atomic E-state index is 12.7. The molecule has 1 amide bonds. The summed E-state index contributed by atoms with van der Waals surface area (Å²) in [6.45, 7) is 1.38. The van der Waals surface area contributed by atoms with E-state index in [1.54, 1.807) is 4.90 Å². The first-order valence-corrected chi connectivity index (χ1v) is 8.66. The van der Waals surface area contributed by atoms with Crippen LogP contribution in [0.1, 0.15) is 11.1 Å². The lowest BCUT2D eigenvalue weighted by atomic mass is 9.79. The van der Waals surface area contributed by atoms with Crippen molar-refractivity contribution in [2.24, 2.45) is 0 Å². The zero-order valence-corrected chi connectivity index (χ0v) is 14.2. The predicted octanol–water partition coefficient (Wildman–Crippen LogP) is 2.15. The number of amides is 1. The lowest BCUT2D eigenvalue weighted by molar-refractivity contribution is -0.139. The number of aliphatic carboxylic acids is 1. The van der Waals surface area contributed by atoms with Crippen molar-refractivity contribution in [3.8, 4) is 0 Å². The molecule has 2 aliphatic heterocycles. The van der Waals surface area contributed by atoms with Crippen LogP contribution in [-0.2, 0) is 15.1 Å². The van der Waals surface area contributed by atoms with E-state index in [0.29, 0.717) is 19.6 Å². The Morgan fingerprint density at radius 1 is 1.04 bits per heavy atom. The third-order valence-electron chi connectivity index (χ3n) is 5.18. The molecular weight excluding hydrogens is 332 g/mol. The molecule has 6 heteroatoms. The number of ether oxygens (including phenoxy) is 1. The number of rotatable bonds is 4. The van der Waals surface area contributed by atoms with Crippen LogP contribution in [0, 0.1) is 0 Å². The largest absolute Gasteiger partial charge is 0.480 e. The van der Waals surface area contributed by atoms with Gasteiger partial charge >= 0.3 is 12.1 Å². The molecule has 134 valence electrons. The maximum absolute atomic E-state index is 12.7. The number of carboxylic acids is 1. The number of piperazine rings is 1. The minimum absolute atomic E-state index is 0.0435. The zero-order chi connectivity index (χ0) is 18.1. The Morgan fingerprint density at radius 3 is 2.15 bits per heavy atom. The van der Waals surface area contributed by atoms with Gasteiger partial charge in [-0.1, -0.05) is 60.7 Å². The number of carbonyl (C=O) groups is 2. The maximum Gasteiger partial charge on any atom is 0.411 e. The molecule has 0 bridgehead atoms. The fraction of sp³-hybridized carbons (Fsp3) is 0.300. The molecule has 2 aromatic rings. The number of carboxylic acid groups (broad SMARTS) is 1. The molecule has 4 rings (SSSR count). The number of hydrogen-bond donors (Lipinski definition) is 1. The molecule has 0 saturated carbocycles. The Bertz CT molecular complexity index is 770. The molecule has 0 radical (unpaired) electrons. The lowest BCUT2D eigenvalue weighted by Crippen LogP contribution is -2.57. The predicted molar refractivity (Wildman–Crippen MR) is 94.7 cm³/mol. The third-order valence-corrected chi connectivity index (χ3v) is 5.18. The van der Waals surface area contributed by atoms with Crippen LogP contribution in [0.25, 0.3) is 0 Å². The smallest absolute Gasteiger partial charge is 0.411 e. The number of fused-ring (bicyclic) bond motifs is 1. The third kappa shape index (κ3) is 2.63. The average Bonchev–Trinajstić information content (AvgIpc) is 2.96. The van der Waals surface area contributed by atoms with Crippen molar-refractivity contribution in [1.29, 1.82) is 0 Å². The van der Waals surface area contributed by atoms with Crippen LogP contribution < -0.4 is 0 Å². The van der Waals surface area contributed by atoms with Gasteiger partial charge in [-0.25, -0.2) is 4.79 Å². The molecule has 1 atom stereocenters. The van der Waals surface area contributed by atoms with E-state index in [4.69, 9.17) is 9.84 Å². The molecule has 0 aromatic heterocycles. The van der Waals surface area contributed by atoms with E-state index in [9.17, 15) is 9.59 Å². The van der Waals surface area contributed by atoms with Gasteiger partial charge in [0.15, 0.2) is 5.60 Å². The van der Waals surface area contributed by atoms with Gasteiger partial charge in [0.2, 0.25) is 0 Å². The Hall–Kier alpha value is -2.86. The molecular formula is C20H20N2O4. The van der Waals surface area contributed by atoms with Gasteiger partial charge in [0.1, 0.15) is 0 Å². The zero-order valence-electron chi connectivity index (χ0n) is 14.2. The van der Waals surface area contributed by atoms with Gasteiger partial charge < -0.3 is 9.84 Å². The van der Waals surface area contributed by atoms with Crippen molar-refractivity contribution < 1.29 is 19.4 Å². The molecule has 2 heterocycles. The van der Waals surface area contributed by atoms with Crippen LogP contribution in [-0.4, -0.2) is 59.2 Å².